The molecular weight excluding hydrogens is 222 g/mol. The summed E-state index contributed by atoms with van der Waals surface area (Å²) >= 11 is 0. The minimum Gasteiger partial charge on any atom is -0.498 e. The van der Waals surface area contributed by atoms with Crippen molar-refractivity contribution in [2.75, 3.05) is 0 Å². The Labute approximate surface area is 113 Å². The maximum Gasteiger partial charge on any atom is 0.301 e. The molecular formula is C16H29NO. The van der Waals surface area contributed by atoms with E-state index in [2.05, 4.69) is 11.1 Å². The third kappa shape index (κ3) is 8.39. The summed E-state index contributed by atoms with van der Waals surface area (Å²) in [6, 6.07) is 2.75. The average Bonchev–Trinajstić information content (AvgIpc) is 2.39. The van der Waals surface area contributed by atoms with Gasteiger partial charge in [-0.15, -0.1) is 0 Å². The van der Waals surface area contributed by atoms with Gasteiger partial charge in [0.15, 0.2) is 0 Å². The van der Waals surface area contributed by atoms with Crippen molar-refractivity contribution in [2.45, 2.75) is 89.9 Å². The Morgan fingerprint density at radius 2 is 0.944 bits per heavy atom. The fourth-order valence-electron chi connectivity index (χ4n) is 2.90. The summed E-state index contributed by atoms with van der Waals surface area (Å²) in [5.41, 5.74) is 0. The lowest BCUT2D eigenvalue weighted by atomic mass is 9.96. The zero-order chi connectivity index (χ0) is 12.9. The quantitative estimate of drug-likeness (QED) is 0.492. The van der Waals surface area contributed by atoms with E-state index in [9.17, 15) is 5.21 Å². The van der Waals surface area contributed by atoms with Crippen molar-refractivity contribution in [3.63, 3.8) is 0 Å². The Balaban J connectivity index is 2.26. The third-order valence-electron chi connectivity index (χ3n) is 4.09. The van der Waals surface area contributed by atoms with E-state index in [-0.39, 0.29) is 0 Å². The second kappa shape index (κ2) is 11.4. The SMILES string of the molecule is [O-][N+]#CC1CCCCCCCCCCCCCC1. The fourth-order valence-corrected chi connectivity index (χ4v) is 2.90. The topological polar surface area (TPSA) is 27.4 Å². The monoisotopic (exact) mass is 251 g/mol. The number of hydrogen-bond acceptors (Lipinski definition) is 1. The van der Waals surface area contributed by atoms with Crippen molar-refractivity contribution < 1.29 is 0 Å². The highest BCUT2D eigenvalue weighted by Gasteiger charge is 2.11. The van der Waals surface area contributed by atoms with Gasteiger partial charge in [-0.25, -0.2) is 0 Å². The van der Waals surface area contributed by atoms with Crippen LogP contribution < -0.4 is 0 Å². The van der Waals surface area contributed by atoms with Gasteiger partial charge in [-0.05, 0) is 12.8 Å². The number of hydrogen-bond donors (Lipinski definition) is 0. The highest BCUT2D eigenvalue weighted by Crippen LogP contribution is 2.20. The van der Waals surface area contributed by atoms with Gasteiger partial charge in [-0.3, -0.25) is 0 Å². The van der Waals surface area contributed by atoms with Crippen LogP contribution in [0.15, 0.2) is 0 Å². The second-order valence-electron chi connectivity index (χ2n) is 5.74. The molecule has 0 aromatic carbocycles. The first-order valence-corrected chi connectivity index (χ1v) is 8.01. The molecule has 0 bridgehead atoms. The van der Waals surface area contributed by atoms with Crippen LogP contribution >= 0.6 is 0 Å². The second-order valence-corrected chi connectivity index (χ2v) is 5.74. The standard InChI is InChI=1S/C16H29NO/c18-17-15-16-13-11-9-7-5-3-1-2-4-6-8-10-12-14-16/h16H,1-14H2. The molecule has 0 aromatic heterocycles. The van der Waals surface area contributed by atoms with E-state index in [1.165, 1.54) is 77.0 Å². The smallest absolute Gasteiger partial charge is 0.301 e. The van der Waals surface area contributed by atoms with Crippen LogP contribution in [-0.4, -0.2) is 0 Å². The molecule has 1 rings (SSSR count). The Bertz CT molecular complexity index is 225. The molecule has 1 aliphatic rings. The van der Waals surface area contributed by atoms with Gasteiger partial charge in [-0.1, -0.05) is 77.0 Å². The highest BCUT2D eigenvalue weighted by molar-refractivity contribution is 4.94. The maximum absolute atomic E-state index is 10.3. The van der Waals surface area contributed by atoms with Crippen molar-refractivity contribution in [1.29, 1.82) is 0 Å². The largest absolute Gasteiger partial charge is 0.498 e. The summed E-state index contributed by atoms with van der Waals surface area (Å²) in [6.07, 6.45) is 18.6. The normalized spacial score (nSPS) is 22.2. The first-order valence-electron chi connectivity index (χ1n) is 8.01. The Hall–Kier alpha value is -0.710. The molecule has 2 nitrogen and oxygen atoms in total. The molecule has 0 radical (unpaired) electrons. The molecule has 0 heterocycles. The van der Waals surface area contributed by atoms with E-state index >= 15 is 0 Å². The van der Waals surface area contributed by atoms with Gasteiger partial charge in [0.05, 0.1) is 5.92 Å². The van der Waals surface area contributed by atoms with Crippen LogP contribution in [-0.2, 0) is 0 Å². The lowest BCUT2D eigenvalue weighted by Gasteiger charge is -2.06. The van der Waals surface area contributed by atoms with Gasteiger partial charge < -0.3 is 5.21 Å². The summed E-state index contributed by atoms with van der Waals surface area (Å²) in [4.78, 5) is 0. The molecule has 0 aromatic rings. The molecule has 0 amide bonds. The van der Waals surface area contributed by atoms with Crippen molar-refractivity contribution in [3.8, 4) is 6.07 Å². The van der Waals surface area contributed by atoms with Crippen molar-refractivity contribution in [3.05, 3.63) is 10.2 Å². The van der Waals surface area contributed by atoms with E-state index in [1.807, 2.05) is 0 Å². The van der Waals surface area contributed by atoms with Gasteiger partial charge in [0.2, 0.25) is 0 Å². The van der Waals surface area contributed by atoms with Crippen LogP contribution in [0.2, 0.25) is 0 Å². The van der Waals surface area contributed by atoms with Crippen LogP contribution in [0.1, 0.15) is 89.9 Å². The number of nitrogens with zero attached hydrogens (tertiary/aromatic N) is 1. The van der Waals surface area contributed by atoms with E-state index in [1.54, 1.807) is 0 Å². The zero-order valence-corrected chi connectivity index (χ0v) is 11.8. The molecule has 0 spiro atoms. The minimum absolute atomic E-state index is 0.327. The fraction of sp³-hybridized carbons (Fsp3) is 0.938. The molecule has 0 unspecified atom stereocenters. The molecule has 0 atom stereocenters. The average molecular weight is 251 g/mol. The van der Waals surface area contributed by atoms with Crippen LogP contribution in [0, 0.1) is 17.2 Å². The molecule has 0 N–H and O–H groups in total. The van der Waals surface area contributed by atoms with Crippen molar-refractivity contribution >= 4 is 0 Å². The summed E-state index contributed by atoms with van der Waals surface area (Å²) < 4.78 is 0. The van der Waals surface area contributed by atoms with Crippen LogP contribution in [0.25, 0.3) is 5.01 Å². The predicted octanol–water partition coefficient (Wildman–Crippen LogP) is 5.91. The Kier molecular flexibility index (Phi) is 9.71. The summed E-state index contributed by atoms with van der Waals surface area (Å²) in [5.74, 6) is 0.327. The first kappa shape index (κ1) is 15.3. The van der Waals surface area contributed by atoms with E-state index in [4.69, 9.17) is 0 Å². The van der Waals surface area contributed by atoms with Gasteiger partial charge in [0.25, 0.3) is 0 Å². The van der Waals surface area contributed by atoms with E-state index < -0.39 is 0 Å². The minimum atomic E-state index is 0.327. The van der Waals surface area contributed by atoms with Gasteiger partial charge in [-0.2, -0.15) is 0 Å². The molecule has 0 aliphatic heterocycles. The predicted molar refractivity (Wildman–Crippen MR) is 78.7 cm³/mol. The molecule has 1 saturated carbocycles. The summed E-state index contributed by atoms with van der Waals surface area (Å²) in [7, 11) is 0. The Morgan fingerprint density at radius 3 is 1.28 bits per heavy atom. The third-order valence-corrected chi connectivity index (χ3v) is 4.09. The first-order chi connectivity index (χ1) is 8.93. The van der Waals surface area contributed by atoms with Crippen molar-refractivity contribution in [2.24, 2.45) is 5.92 Å². The molecule has 1 aliphatic carbocycles. The summed E-state index contributed by atoms with van der Waals surface area (Å²) in [5, 5.41) is 13.2. The molecule has 104 valence electrons. The number of rotatable bonds is 0. The summed E-state index contributed by atoms with van der Waals surface area (Å²) in [6.45, 7) is 0. The lowest BCUT2D eigenvalue weighted by Crippen LogP contribution is -1.97. The van der Waals surface area contributed by atoms with E-state index in [0.29, 0.717) is 5.92 Å². The molecule has 18 heavy (non-hydrogen) atoms. The molecule has 1 fully saturated rings. The van der Waals surface area contributed by atoms with Crippen molar-refractivity contribution in [1.82, 2.24) is 0 Å². The van der Waals surface area contributed by atoms with Crippen LogP contribution in [0.5, 0.6) is 0 Å². The zero-order valence-electron chi connectivity index (χ0n) is 11.8. The van der Waals surface area contributed by atoms with Gasteiger partial charge in [0.1, 0.15) is 0 Å². The van der Waals surface area contributed by atoms with Crippen LogP contribution in [0.3, 0.4) is 0 Å². The molecule has 2 heteroatoms. The van der Waals surface area contributed by atoms with Gasteiger partial charge in [0, 0.05) is 5.01 Å². The maximum atomic E-state index is 10.3. The van der Waals surface area contributed by atoms with E-state index in [0.717, 1.165) is 12.8 Å². The Morgan fingerprint density at radius 1 is 0.611 bits per heavy atom. The highest BCUT2D eigenvalue weighted by atomic mass is 16.4. The van der Waals surface area contributed by atoms with Crippen LogP contribution in [0.4, 0.5) is 0 Å². The van der Waals surface area contributed by atoms with Gasteiger partial charge >= 0.3 is 6.07 Å². The lowest BCUT2D eigenvalue weighted by molar-refractivity contribution is 0.481. The molecule has 0 saturated heterocycles.